The molecule has 3 aromatic rings. The molecule has 6 nitrogen and oxygen atoms in total. The number of piperazine rings is 1. The van der Waals surface area contributed by atoms with E-state index in [9.17, 15) is 0 Å². The number of pyridine rings is 1. The Morgan fingerprint density at radius 3 is 2.71 bits per heavy atom. The molecular weight excluding hydrogens is 302 g/mol. The van der Waals surface area contributed by atoms with E-state index < -0.39 is 0 Å². The molecule has 1 aliphatic heterocycles. The molecule has 0 aliphatic carbocycles. The first-order valence-electron chi connectivity index (χ1n) is 8.13. The number of imidazole rings is 1. The van der Waals surface area contributed by atoms with Gasteiger partial charge in [0.2, 0.25) is 0 Å². The Balaban J connectivity index is 1.69. The molecule has 0 spiro atoms. The van der Waals surface area contributed by atoms with E-state index in [1.165, 1.54) is 5.69 Å². The monoisotopic (exact) mass is 323 g/mol. The molecule has 124 valence electrons. The molecule has 24 heavy (non-hydrogen) atoms. The summed E-state index contributed by atoms with van der Waals surface area (Å²) in [5.41, 5.74) is 10.7. The summed E-state index contributed by atoms with van der Waals surface area (Å²) in [4.78, 5) is 7.09. The lowest BCUT2D eigenvalue weighted by atomic mass is 10.1. The van der Waals surface area contributed by atoms with E-state index in [-0.39, 0.29) is 0 Å². The van der Waals surface area contributed by atoms with Crippen LogP contribution in [0.25, 0.3) is 16.9 Å². The second-order valence-electron chi connectivity index (χ2n) is 5.97. The lowest BCUT2D eigenvalue weighted by Gasteiger charge is -2.29. The zero-order valence-electron chi connectivity index (χ0n) is 13.7. The first kappa shape index (κ1) is 14.8. The van der Waals surface area contributed by atoms with Crippen molar-refractivity contribution in [2.24, 2.45) is 0 Å². The van der Waals surface area contributed by atoms with Crippen molar-refractivity contribution < 1.29 is 4.74 Å². The van der Waals surface area contributed by atoms with Crippen molar-refractivity contribution in [2.45, 2.75) is 0 Å². The van der Waals surface area contributed by atoms with Crippen molar-refractivity contribution in [1.29, 1.82) is 0 Å². The second-order valence-corrected chi connectivity index (χ2v) is 5.97. The fourth-order valence-electron chi connectivity index (χ4n) is 3.12. The normalized spacial score (nSPS) is 15.0. The Labute approximate surface area is 140 Å². The standard InChI is InChI=1S/C18H21N5O/c1-24-17-4-2-13(10-15(17)19)16-12-23-11-14(3-5-18(23)21-16)22-8-6-20-7-9-22/h2-5,10-12,20H,6-9,19H2,1H3. The van der Waals surface area contributed by atoms with Gasteiger partial charge < -0.3 is 25.1 Å². The molecule has 0 unspecified atom stereocenters. The zero-order valence-corrected chi connectivity index (χ0v) is 13.7. The number of benzene rings is 1. The Morgan fingerprint density at radius 1 is 1.12 bits per heavy atom. The Hall–Kier alpha value is -2.73. The number of hydrogen-bond donors (Lipinski definition) is 2. The number of anilines is 2. The van der Waals surface area contributed by atoms with Gasteiger partial charge in [0, 0.05) is 44.1 Å². The summed E-state index contributed by atoms with van der Waals surface area (Å²) in [6, 6.07) is 9.96. The zero-order chi connectivity index (χ0) is 16.5. The molecule has 0 atom stereocenters. The highest BCUT2D eigenvalue weighted by Gasteiger charge is 2.12. The van der Waals surface area contributed by atoms with E-state index in [1.807, 2.05) is 24.4 Å². The third kappa shape index (κ3) is 2.65. The maximum absolute atomic E-state index is 6.01. The SMILES string of the molecule is COc1ccc(-c2cn3cc(N4CCNCC4)ccc3n2)cc1N. The van der Waals surface area contributed by atoms with E-state index >= 15 is 0 Å². The van der Waals surface area contributed by atoms with Crippen LogP contribution in [0.15, 0.2) is 42.7 Å². The topological polar surface area (TPSA) is 67.8 Å². The fourth-order valence-corrected chi connectivity index (χ4v) is 3.12. The Morgan fingerprint density at radius 2 is 1.96 bits per heavy atom. The van der Waals surface area contributed by atoms with Crippen LogP contribution in [0.3, 0.4) is 0 Å². The van der Waals surface area contributed by atoms with Crippen molar-refractivity contribution >= 4 is 17.0 Å². The van der Waals surface area contributed by atoms with Crippen LogP contribution >= 0.6 is 0 Å². The minimum Gasteiger partial charge on any atom is -0.495 e. The van der Waals surface area contributed by atoms with Crippen molar-refractivity contribution in [2.75, 3.05) is 43.9 Å². The van der Waals surface area contributed by atoms with Crippen LogP contribution in [0.2, 0.25) is 0 Å². The molecule has 1 aromatic carbocycles. The Kier molecular flexibility index (Phi) is 3.74. The van der Waals surface area contributed by atoms with E-state index in [2.05, 4.69) is 32.9 Å². The van der Waals surface area contributed by atoms with Crippen LogP contribution in [-0.2, 0) is 0 Å². The maximum atomic E-state index is 6.01. The molecule has 0 bridgehead atoms. The third-order valence-electron chi connectivity index (χ3n) is 4.44. The van der Waals surface area contributed by atoms with E-state index in [1.54, 1.807) is 7.11 Å². The number of ether oxygens (including phenoxy) is 1. The first-order valence-corrected chi connectivity index (χ1v) is 8.13. The van der Waals surface area contributed by atoms with Gasteiger partial charge >= 0.3 is 0 Å². The van der Waals surface area contributed by atoms with Crippen molar-refractivity contribution in [3.8, 4) is 17.0 Å². The lowest BCUT2D eigenvalue weighted by molar-refractivity contribution is 0.417. The molecule has 4 rings (SSSR count). The molecule has 6 heteroatoms. The Bertz CT molecular complexity index is 867. The summed E-state index contributed by atoms with van der Waals surface area (Å²) >= 11 is 0. The minimum absolute atomic E-state index is 0.619. The summed E-state index contributed by atoms with van der Waals surface area (Å²) in [5.74, 6) is 0.684. The molecular formula is C18H21N5O. The predicted octanol–water partition coefficient (Wildman–Crippen LogP) is 2.00. The number of hydrogen-bond acceptors (Lipinski definition) is 5. The highest BCUT2D eigenvalue weighted by molar-refractivity contribution is 5.70. The number of nitrogens with two attached hydrogens (primary N) is 1. The average Bonchev–Trinajstić information content (AvgIpc) is 3.05. The van der Waals surface area contributed by atoms with Crippen LogP contribution in [0.1, 0.15) is 0 Å². The molecule has 3 heterocycles. The highest BCUT2D eigenvalue weighted by Crippen LogP contribution is 2.28. The molecule has 1 fully saturated rings. The number of nitrogen functional groups attached to an aromatic ring is 1. The third-order valence-corrected chi connectivity index (χ3v) is 4.44. The summed E-state index contributed by atoms with van der Waals surface area (Å²) in [6.45, 7) is 4.11. The first-order chi connectivity index (χ1) is 11.7. The largest absolute Gasteiger partial charge is 0.495 e. The van der Waals surface area contributed by atoms with Crippen LogP contribution in [-0.4, -0.2) is 42.7 Å². The van der Waals surface area contributed by atoms with Crippen LogP contribution in [0, 0.1) is 0 Å². The number of aromatic nitrogens is 2. The predicted molar refractivity (Wildman–Crippen MR) is 96.7 cm³/mol. The van der Waals surface area contributed by atoms with Gasteiger partial charge in [0.05, 0.1) is 24.2 Å². The number of methoxy groups -OCH3 is 1. The van der Waals surface area contributed by atoms with Crippen molar-refractivity contribution in [3.63, 3.8) is 0 Å². The quantitative estimate of drug-likeness (QED) is 0.722. The average molecular weight is 323 g/mol. The summed E-state index contributed by atoms with van der Waals surface area (Å²) in [5, 5.41) is 3.38. The maximum Gasteiger partial charge on any atom is 0.141 e. The van der Waals surface area contributed by atoms with Gasteiger partial charge in [-0.3, -0.25) is 0 Å². The van der Waals surface area contributed by atoms with Gasteiger partial charge in [-0.1, -0.05) is 0 Å². The van der Waals surface area contributed by atoms with E-state index in [4.69, 9.17) is 15.5 Å². The van der Waals surface area contributed by atoms with Gasteiger partial charge in [0.15, 0.2) is 0 Å². The number of rotatable bonds is 3. The molecule has 1 saturated heterocycles. The van der Waals surface area contributed by atoms with Gasteiger partial charge in [-0.15, -0.1) is 0 Å². The summed E-state index contributed by atoms with van der Waals surface area (Å²) < 4.78 is 7.29. The van der Waals surface area contributed by atoms with Gasteiger partial charge in [-0.2, -0.15) is 0 Å². The van der Waals surface area contributed by atoms with Crippen LogP contribution in [0.5, 0.6) is 5.75 Å². The van der Waals surface area contributed by atoms with Crippen LogP contribution in [0.4, 0.5) is 11.4 Å². The summed E-state index contributed by atoms with van der Waals surface area (Å²) in [7, 11) is 1.62. The summed E-state index contributed by atoms with van der Waals surface area (Å²) in [6.07, 6.45) is 4.19. The van der Waals surface area contributed by atoms with E-state index in [0.717, 1.165) is 43.1 Å². The molecule has 0 amide bonds. The van der Waals surface area contributed by atoms with Gasteiger partial charge in [0.25, 0.3) is 0 Å². The lowest BCUT2D eigenvalue weighted by Crippen LogP contribution is -2.43. The second kappa shape index (κ2) is 6.05. The van der Waals surface area contributed by atoms with E-state index in [0.29, 0.717) is 11.4 Å². The molecule has 2 aromatic heterocycles. The van der Waals surface area contributed by atoms with Gasteiger partial charge in [-0.25, -0.2) is 4.98 Å². The molecule has 1 aliphatic rings. The number of nitrogens with zero attached hydrogens (tertiary/aromatic N) is 3. The molecule has 0 radical (unpaired) electrons. The van der Waals surface area contributed by atoms with Crippen molar-refractivity contribution in [3.05, 3.63) is 42.7 Å². The van der Waals surface area contributed by atoms with Crippen molar-refractivity contribution in [1.82, 2.24) is 14.7 Å². The van der Waals surface area contributed by atoms with Gasteiger partial charge in [0.1, 0.15) is 11.4 Å². The fraction of sp³-hybridized carbons (Fsp3) is 0.278. The smallest absolute Gasteiger partial charge is 0.141 e. The number of fused-ring (bicyclic) bond motifs is 1. The molecule has 0 saturated carbocycles. The van der Waals surface area contributed by atoms with Crippen LogP contribution < -0.4 is 20.7 Å². The van der Waals surface area contributed by atoms with Gasteiger partial charge in [-0.05, 0) is 30.3 Å². The molecule has 3 N–H and O–H groups in total. The minimum atomic E-state index is 0.619. The number of nitrogens with one attached hydrogen (secondary N) is 1. The highest BCUT2D eigenvalue weighted by atomic mass is 16.5.